The summed E-state index contributed by atoms with van der Waals surface area (Å²) in [7, 11) is 6.42. The van der Waals surface area contributed by atoms with Crippen molar-refractivity contribution in [1.82, 2.24) is 25.8 Å². The molecule has 304 valence electrons. The van der Waals surface area contributed by atoms with Crippen LogP contribution in [-0.2, 0) is 39.9 Å². The van der Waals surface area contributed by atoms with E-state index in [1.807, 2.05) is 46.4 Å². The van der Waals surface area contributed by atoms with E-state index in [4.69, 9.17) is 9.47 Å². The maximum Gasteiger partial charge on any atom is 0.326 e. The summed E-state index contributed by atoms with van der Waals surface area (Å²) in [5.74, 6) is -3.84. The number of nitrogens with zero attached hydrogens (tertiary/aromatic N) is 2. The molecule has 1 aliphatic carbocycles. The molecule has 54 heavy (non-hydrogen) atoms. The second kappa shape index (κ2) is 19.8. The SMILES string of the molecule is CC[C@H](C)C(C(CC(=O)N1C2C[C@H]2C[C@H]1[C@H](OC)[C@@H](C)C(=O)N[C@@H](Cc1cccc(F)c1)C(=O)O)OC)N(C)C(=O)[C@@H](NC(=O)[C@@H](NC)C(C)C)C(C)C. The van der Waals surface area contributed by atoms with Crippen LogP contribution in [0.4, 0.5) is 4.39 Å². The number of carboxylic acid groups (broad SMARTS) is 1. The van der Waals surface area contributed by atoms with E-state index in [2.05, 4.69) is 16.0 Å². The number of methoxy groups -OCH3 is 2. The highest BCUT2D eigenvalue weighted by molar-refractivity contribution is 5.90. The first-order valence-corrected chi connectivity index (χ1v) is 19.3. The number of rotatable bonds is 21. The number of hydrogen-bond donors (Lipinski definition) is 4. The van der Waals surface area contributed by atoms with Gasteiger partial charge in [-0.1, -0.05) is 67.0 Å². The largest absolute Gasteiger partial charge is 0.480 e. The molecule has 1 aromatic carbocycles. The lowest BCUT2D eigenvalue weighted by atomic mass is 9.89. The lowest BCUT2D eigenvalue weighted by Gasteiger charge is -2.41. The monoisotopic (exact) mass is 761 g/mol. The predicted octanol–water partition coefficient (Wildman–Crippen LogP) is 3.24. The molecule has 0 spiro atoms. The minimum Gasteiger partial charge on any atom is -0.480 e. The van der Waals surface area contributed by atoms with Crippen LogP contribution in [0.2, 0.25) is 0 Å². The van der Waals surface area contributed by atoms with E-state index in [0.29, 0.717) is 18.4 Å². The van der Waals surface area contributed by atoms with Crippen LogP contribution in [0.5, 0.6) is 0 Å². The Balaban J connectivity index is 1.80. The van der Waals surface area contributed by atoms with Crippen LogP contribution in [0.3, 0.4) is 0 Å². The van der Waals surface area contributed by atoms with Gasteiger partial charge in [0.1, 0.15) is 17.9 Å². The summed E-state index contributed by atoms with van der Waals surface area (Å²) in [6.07, 6.45) is 0.626. The molecule has 1 saturated heterocycles. The van der Waals surface area contributed by atoms with Crippen molar-refractivity contribution in [1.29, 1.82) is 0 Å². The molecule has 11 atom stereocenters. The molecule has 1 heterocycles. The highest BCUT2D eigenvalue weighted by Crippen LogP contribution is 2.50. The lowest BCUT2D eigenvalue weighted by molar-refractivity contribution is -0.149. The first-order valence-electron chi connectivity index (χ1n) is 19.3. The minimum absolute atomic E-state index is 0.0105. The predicted molar refractivity (Wildman–Crippen MR) is 203 cm³/mol. The number of likely N-dealkylation sites (tertiary alicyclic amines) is 1. The number of carbonyl (C=O) groups is 5. The maximum atomic E-state index is 14.4. The number of nitrogens with one attached hydrogen (secondary N) is 3. The normalized spacial score (nSPS) is 22.3. The third-order valence-electron chi connectivity index (χ3n) is 11.5. The number of piperidine rings is 1. The van der Waals surface area contributed by atoms with Gasteiger partial charge in [0.25, 0.3) is 0 Å². The van der Waals surface area contributed by atoms with E-state index in [-0.39, 0.29) is 60.3 Å². The van der Waals surface area contributed by atoms with E-state index in [0.717, 1.165) is 6.42 Å². The van der Waals surface area contributed by atoms with Crippen LogP contribution < -0.4 is 16.0 Å². The summed E-state index contributed by atoms with van der Waals surface area (Å²) < 4.78 is 25.7. The van der Waals surface area contributed by atoms with E-state index in [1.165, 1.54) is 32.4 Å². The molecule has 1 aliphatic heterocycles. The molecule has 4 amide bonds. The van der Waals surface area contributed by atoms with Crippen molar-refractivity contribution in [3.05, 3.63) is 35.6 Å². The molecule has 0 radical (unpaired) electrons. The van der Waals surface area contributed by atoms with Gasteiger partial charge in [-0.25, -0.2) is 9.18 Å². The number of likely N-dealkylation sites (N-methyl/N-ethyl adjacent to an activating group) is 2. The Kier molecular flexibility index (Phi) is 16.4. The van der Waals surface area contributed by atoms with Crippen LogP contribution >= 0.6 is 0 Å². The van der Waals surface area contributed by atoms with Crippen LogP contribution in [0.15, 0.2) is 24.3 Å². The van der Waals surface area contributed by atoms with Gasteiger partial charge in [0.15, 0.2) is 0 Å². The minimum atomic E-state index is -1.29. The Bertz CT molecular complexity index is 1460. The molecule has 4 N–H and O–H groups in total. The van der Waals surface area contributed by atoms with Crippen LogP contribution in [-0.4, -0.2) is 121 Å². The maximum absolute atomic E-state index is 14.4. The first-order chi connectivity index (χ1) is 25.4. The van der Waals surface area contributed by atoms with Crippen molar-refractivity contribution in [3.63, 3.8) is 0 Å². The zero-order valence-corrected chi connectivity index (χ0v) is 33.9. The number of carbonyl (C=O) groups excluding carboxylic acids is 4. The van der Waals surface area contributed by atoms with E-state index in [1.54, 1.807) is 32.0 Å². The van der Waals surface area contributed by atoms with Crippen LogP contribution in [0.1, 0.15) is 79.7 Å². The second-order valence-corrected chi connectivity index (χ2v) is 15.9. The molecule has 2 fully saturated rings. The fourth-order valence-electron chi connectivity index (χ4n) is 8.15. The van der Waals surface area contributed by atoms with Crippen molar-refractivity contribution in [2.45, 2.75) is 129 Å². The van der Waals surface area contributed by atoms with Crippen molar-refractivity contribution in [3.8, 4) is 0 Å². The van der Waals surface area contributed by atoms with Gasteiger partial charge in [-0.15, -0.1) is 0 Å². The van der Waals surface area contributed by atoms with Gasteiger partial charge in [0.2, 0.25) is 23.6 Å². The Morgan fingerprint density at radius 3 is 2.13 bits per heavy atom. The molecule has 2 aliphatic rings. The summed E-state index contributed by atoms with van der Waals surface area (Å²) in [4.78, 5) is 70.8. The Labute approximate surface area is 320 Å². The third kappa shape index (κ3) is 10.8. The zero-order chi connectivity index (χ0) is 40.6. The zero-order valence-electron chi connectivity index (χ0n) is 33.9. The molecule has 0 aromatic heterocycles. The van der Waals surface area contributed by atoms with Crippen LogP contribution in [0.25, 0.3) is 0 Å². The fraction of sp³-hybridized carbons (Fsp3) is 0.725. The molecule has 1 aromatic rings. The van der Waals surface area contributed by atoms with Crippen molar-refractivity contribution in [2.75, 3.05) is 28.3 Å². The standard InChI is InChI=1S/C40H64FN5O8/c1-12-23(6)35(45(9)39(50)34(22(4)5)44-38(49)33(42-8)21(2)3)31(53-10)20-32(47)46-29-18-26(29)19-30(46)36(54-11)24(7)37(48)43-28(40(51)52)17-25-14-13-15-27(41)16-25/h13-16,21-24,26,28-31,33-36,42H,12,17-20H2,1-11H3,(H,43,48)(H,44,49)(H,51,52)/t23-,24+,26-,28-,29?,30-,31?,33-,34-,35?,36+/m0/s1. The number of aliphatic carboxylic acids is 1. The quantitative estimate of drug-likeness (QED) is 0.147. The lowest BCUT2D eigenvalue weighted by Crippen LogP contribution is -2.59. The number of amides is 4. The highest BCUT2D eigenvalue weighted by atomic mass is 19.1. The molecule has 0 bridgehead atoms. The smallest absolute Gasteiger partial charge is 0.326 e. The topological polar surface area (TPSA) is 167 Å². The second-order valence-electron chi connectivity index (χ2n) is 15.9. The van der Waals surface area contributed by atoms with Gasteiger partial charge in [-0.05, 0) is 61.3 Å². The average molecular weight is 762 g/mol. The van der Waals surface area contributed by atoms with Gasteiger partial charge in [0.05, 0.1) is 42.7 Å². The van der Waals surface area contributed by atoms with Gasteiger partial charge < -0.3 is 40.3 Å². The van der Waals surface area contributed by atoms with E-state index >= 15 is 0 Å². The summed E-state index contributed by atoms with van der Waals surface area (Å²) in [6.45, 7) is 13.3. The molecule has 13 nitrogen and oxygen atoms in total. The van der Waals surface area contributed by atoms with Gasteiger partial charge in [-0.2, -0.15) is 0 Å². The van der Waals surface area contributed by atoms with Gasteiger partial charge in [0, 0.05) is 33.7 Å². The number of fused-ring (bicyclic) bond motifs is 1. The van der Waals surface area contributed by atoms with E-state index in [9.17, 15) is 33.5 Å². The average Bonchev–Trinajstić information content (AvgIpc) is 3.78. The molecule has 3 rings (SSSR count). The number of hydrogen-bond acceptors (Lipinski definition) is 8. The van der Waals surface area contributed by atoms with Crippen LogP contribution in [0, 0.1) is 35.4 Å². The molecular formula is C40H64FN5O8. The molecular weight excluding hydrogens is 697 g/mol. The number of benzene rings is 1. The Morgan fingerprint density at radius 2 is 1.61 bits per heavy atom. The number of carboxylic acids is 1. The van der Waals surface area contributed by atoms with Crippen molar-refractivity contribution < 1.29 is 42.9 Å². The molecule has 3 unspecified atom stereocenters. The molecule has 14 heteroatoms. The Morgan fingerprint density at radius 1 is 0.963 bits per heavy atom. The Hall–Kier alpha value is -3.62. The fourth-order valence-corrected chi connectivity index (χ4v) is 8.15. The number of ether oxygens (including phenoxy) is 2. The van der Waals surface area contributed by atoms with E-state index < -0.39 is 66.0 Å². The summed E-state index contributed by atoms with van der Waals surface area (Å²) in [6, 6.07) is 2.06. The van der Waals surface area contributed by atoms with Crippen molar-refractivity contribution >= 4 is 29.6 Å². The first kappa shape index (κ1) is 44.8. The summed E-state index contributed by atoms with van der Waals surface area (Å²) in [5, 5.41) is 18.5. The summed E-state index contributed by atoms with van der Waals surface area (Å²) >= 11 is 0. The third-order valence-corrected chi connectivity index (χ3v) is 11.5. The van der Waals surface area contributed by atoms with Gasteiger partial charge in [-0.3, -0.25) is 19.2 Å². The molecule has 1 saturated carbocycles. The number of halogens is 1. The summed E-state index contributed by atoms with van der Waals surface area (Å²) in [5.41, 5.74) is 0.431. The van der Waals surface area contributed by atoms with Gasteiger partial charge >= 0.3 is 5.97 Å². The van der Waals surface area contributed by atoms with Crippen molar-refractivity contribution in [2.24, 2.45) is 29.6 Å². The highest BCUT2D eigenvalue weighted by Gasteiger charge is 2.57.